The van der Waals surface area contributed by atoms with Crippen molar-refractivity contribution < 1.29 is 27.1 Å². The molecule has 1 saturated carbocycles. The minimum absolute atomic E-state index is 0.0602. The number of carbonyl (C=O) groups is 1. The number of rotatable bonds is 3. The van der Waals surface area contributed by atoms with Gasteiger partial charge in [-0.3, -0.25) is 14.6 Å². The number of amides is 1. The zero-order chi connectivity index (χ0) is 37.8. The van der Waals surface area contributed by atoms with E-state index >= 15 is 4.39 Å². The van der Waals surface area contributed by atoms with Crippen LogP contribution in [0.15, 0.2) is 42.0 Å². The summed E-state index contributed by atoms with van der Waals surface area (Å²) in [5.74, 6) is -0.0891. The second-order valence-electron chi connectivity index (χ2n) is 16.9. The molecule has 9 nitrogen and oxygen atoms in total. The van der Waals surface area contributed by atoms with Crippen molar-refractivity contribution in [3.8, 4) is 5.75 Å². The van der Waals surface area contributed by atoms with Crippen LogP contribution in [0.4, 0.5) is 10.1 Å². The van der Waals surface area contributed by atoms with Crippen LogP contribution in [0.3, 0.4) is 0 Å². The normalized spacial score (nSPS) is 33.2. The number of sulfonamides is 1. The molecule has 294 valence electrons. The average molecular weight is 783 g/mol. The largest absolute Gasteiger partial charge is 0.491 e. The Labute approximate surface area is 325 Å². The Kier molecular flexibility index (Phi) is 10.8. The molecular formula is C42H56ClFN4O5S. The van der Waals surface area contributed by atoms with E-state index in [9.17, 15) is 13.2 Å². The van der Waals surface area contributed by atoms with E-state index in [-0.39, 0.29) is 40.1 Å². The molecule has 5 heterocycles. The maximum absolute atomic E-state index is 15.7. The van der Waals surface area contributed by atoms with E-state index in [1.165, 1.54) is 31.4 Å². The standard InChI is InChI=1S/C42H56ClFN4O5S/c1-27-28(2)54(50,51)45-41(49)29-12-15-39-38(22-29)48(23-30-11-14-37(43)40(44)35(30)9-5-7-19-53-39)24-31-10-13-36(31)42(52-3,33-20-32(27)21-33)26-46-17-18-47-16-6-4-8-34(47)25-46/h11-12,14-15,20,22,27-28,31-32,34,36H,4-10,13,16-19,21,23-26H2,1-3H3,(H,45,49)/t27-,28-,31+,32+,34+,36-,42+/m1/s1. The highest BCUT2D eigenvalue weighted by Crippen LogP contribution is 2.53. The van der Waals surface area contributed by atoms with Crippen molar-refractivity contribution in [3.63, 3.8) is 0 Å². The number of anilines is 1. The molecule has 7 aliphatic rings. The Hall–Kier alpha value is -2.70. The number of benzene rings is 2. The van der Waals surface area contributed by atoms with Gasteiger partial charge >= 0.3 is 0 Å². The molecule has 12 heteroatoms. The number of ether oxygens (including phenoxy) is 2. The molecule has 0 radical (unpaired) electrons. The molecule has 3 fully saturated rings. The van der Waals surface area contributed by atoms with E-state index < -0.39 is 26.8 Å². The molecule has 0 aromatic heterocycles. The van der Waals surface area contributed by atoms with E-state index in [1.807, 2.05) is 20.1 Å². The zero-order valence-electron chi connectivity index (χ0n) is 32.0. The van der Waals surface area contributed by atoms with Crippen molar-refractivity contribution in [3.05, 3.63) is 69.5 Å². The van der Waals surface area contributed by atoms with Crippen molar-refractivity contribution in [1.29, 1.82) is 0 Å². The maximum atomic E-state index is 15.7. The molecule has 9 rings (SSSR count). The predicted octanol–water partition coefficient (Wildman–Crippen LogP) is 6.83. The lowest BCUT2D eigenvalue weighted by Crippen LogP contribution is -2.63. The molecule has 0 spiro atoms. The summed E-state index contributed by atoms with van der Waals surface area (Å²) >= 11 is 6.34. The molecule has 1 N–H and O–H groups in total. The van der Waals surface area contributed by atoms with Gasteiger partial charge in [0, 0.05) is 58.0 Å². The zero-order valence-corrected chi connectivity index (χ0v) is 33.6. The number of piperidine rings is 1. The molecule has 0 unspecified atom stereocenters. The van der Waals surface area contributed by atoms with Crippen LogP contribution < -0.4 is 14.4 Å². The third kappa shape index (κ3) is 7.10. The van der Waals surface area contributed by atoms with Crippen molar-refractivity contribution in [2.45, 2.75) is 95.1 Å². The summed E-state index contributed by atoms with van der Waals surface area (Å²) in [5.41, 5.74) is 3.15. The van der Waals surface area contributed by atoms with Gasteiger partial charge in [-0.1, -0.05) is 37.1 Å². The molecule has 2 aromatic rings. The van der Waals surface area contributed by atoms with E-state index in [0.717, 1.165) is 57.4 Å². The lowest BCUT2D eigenvalue weighted by Gasteiger charge is -2.56. The number of nitrogens with zero attached hydrogens (tertiary/aromatic N) is 3. The summed E-state index contributed by atoms with van der Waals surface area (Å²) < 4.78 is 59.0. The number of hydrogen-bond acceptors (Lipinski definition) is 8. The Morgan fingerprint density at radius 1 is 1.04 bits per heavy atom. The molecule has 2 aromatic carbocycles. The minimum Gasteiger partial charge on any atom is -0.491 e. The lowest BCUT2D eigenvalue weighted by atomic mass is 9.58. The van der Waals surface area contributed by atoms with Gasteiger partial charge in [0.25, 0.3) is 5.91 Å². The Morgan fingerprint density at radius 3 is 2.65 bits per heavy atom. The number of fused-ring (bicyclic) bond motifs is 6. The number of hydrogen-bond donors (Lipinski definition) is 1. The van der Waals surface area contributed by atoms with Crippen molar-refractivity contribution in [2.24, 2.45) is 23.7 Å². The van der Waals surface area contributed by atoms with Crippen LogP contribution >= 0.6 is 11.6 Å². The van der Waals surface area contributed by atoms with Gasteiger partial charge in [-0.25, -0.2) is 17.5 Å². The second-order valence-corrected chi connectivity index (χ2v) is 19.4. The Bertz CT molecular complexity index is 1890. The van der Waals surface area contributed by atoms with Gasteiger partial charge in [-0.05, 0) is 129 Å². The van der Waals surface area contributed by atoms with Gasteiger partial charge in [0.2, 0.25) is 10.0 Å². The van der Waals surface area contributed by atoms with Crippen LogP contribution in [0.2, 0.25) is 5.02 Å². The number of nitrogens with one attached hydrogen (secondary N) is 1. The third-order valence-electron chi connectivity index (χ3n) is 14.1. The molecule has 7 atom stereocenters. The molecular weight excluding hydrogens is 727 g/mol. The summed E-state index contributed by atoms with van der Waals surface area (Å²) in [4.78, 5) is 21.3. The fraction of sp³-hybridized carbons (Fsp3) is 0.643. The highest BCUT2D eigenvalue weighted by atomic mass is 35.5. The topological polar surface area (TPSA) is 91.4 Å². The molecule has 4 bridgehead atoms. The molecule has 1 amide bonds. The van der Waals surface area contributed by atoms with Crippen LogP contribution in [0, 0.1) is 29.5 Å². The summed E-state index contributed by atoms with van der Waals surface area (Å²) in [6, 6.07) is 9.31. The average Bonchev–Trinajstić information content (AvgIpc) is 3.16. The second kappa shape index (κ2) is 15.3. The number of allylic oxidation sites excluding steroid dienone is 1. The highest BCUT2D eigenvalue weighted by Gasteiger charge is 2.54. The first-order valence-corrected chi connectivity index (χ1v) is 22.2. The summed E-state index contributed by atoms with van der Waals surface area (Å²) in [5, 5.41) is -0.676. The Morgan fingerprint density at radius 2 is 1.87 bits per heavy atom. The first kappa shape index (κ1) is 38.2. The Balaban J connectivity index is 1.22. The van der Waals surface area contributed by atoms with Crippen LogP contribution in [0.1, 0.15) is 86.7 Å². The van der Waals surface area contributed by atoms with Crippen molar-refractivity contribution in [1.82, 2.24) is 14.5 Å². The highest BCUT2D eigenvalue weighted by molar-refractivity contribution is 7.90. The van der Waals surface area contributed by atoms with Crippen LogP contribution in [-0.4, -0.2) is 94.0 Å². The van der Waals surface area contributed by atoms with Crippen molar-refractivity contribution in [2.75, 3.05) is 57.9 Å². The quantitative estimate of drug-likeness (QED) is 0.340. The van der Waals surface area contributed by atoms with Crippen LogP contribution in [0.25, 0.3) is 0 Å². The smallest absolute Gasteiger partial charge is 0.264 e. The van der Waals surface area contributed by atoms with Gasteiger partial charge in [0.05, 0.1) is 22.6 Å². The van der Waals surface area contributed by atoms with Gasteiger partial charge < -0.3 is 14.4 Å². The number of carbonyl (C=O) groups excluding carboxylic acids is 1. The van der Waals surface area contributed by atoms with Crippen LogP contribution in [-0.2, 0) is 27.7 Å². The maximum Gasteiger partial charge on any atom is 0.264 e. The molecule has 2 aliphatic carbocycles. The van der Waals surface area contributed by atoms with E-state index in [4.69, 9.17) is 21.1 Å². The number of methoxy groups -OCH3 is 1. The number of piperazine rings is 1. The monoisotopic (exact) mass is 782 g/mol. The van der Waals surface area contributed by atoms with Gasteiger partial charge in [0.1, 0.15) is 17.2 Å². The summed E-state index contributed by atoms with van der Waals surface area (Å²) in [6.07, 6.45) is 10.9. The van der Waals surface area contributed by atoms with Crippen molar-refractivity contribution >= 4 is 33.2 Å². The van der Waals surface area contributed by atoms with Gasteiger partial charge in [-0.15, -0.1) is 0 Å². The SMILES string of the molecule is CO[C@@]1(CN2CCN3CCCC[C@H]3C2)C2=C[C@@H](C2)[C@H](C)[C@@H](C)S(=O)(=O)NC(=O)c2ccc3c(c2)N(Cc2ccc(Cl)c(F)c2CCCCO3)C[C@@H]2CC[C@H]21. The van der Waals surface area contributed by atoms with E-state index in [0.29, 0.717) is 55.6 Å². The fourth-order valence-corrected chi connectivity index (χ4v) is 11.9. The first-order chi connectivity index (χ1) is 26.0. The molecule has 5 aliphatic heterocycles. The molecule has 2 saturated heterocycles. The third-order valence-corrected chi connectivity index (χ3v) is 16.2. The summed E-state index contributed by atoms with van der Waals surface area (Å²) in [7, 11) is -2.13. The van der Waals surface area contributed by atoms with Gasteiger partial charge in [-0.2, -0.15) is 0 Å². The van der Waals surface area contributed by atoms with Crippen LogP contribution in [0.5, 0.6) is 5.75 Å². The number of halogens is 2. The summed E-state index contributed by atoms with van der Waals surface area (Å²) in [6.45, 7) is 10.3. The van der Waals surface area contributed by atoms with E-state index in [2.05, 4.69) is 25.5 Å². The molecule has 54 heavy (non-hydrogen) atoms. The predicted molar refractivity (Wildman–Crippen MR) is 210 cm³/mol. The fourth-order valence-electron chi connectivity index (χ4n) is 10.3. The van der Waals surface area contributed by atoms with Gasteiger partial charge in [0.15, 0.2) is 0 Å². The minimum atomic E-state index is -4.00. The first-order valence-electron chi connectivity index (χ1n) is 20.2. The lowest BCUT2D eigenvalue weighted by molar-refractivity contribution is -0.112. The van der Waals surface area contributed by atoms with E-state index in [1.54, 1.807) is 31.2 Å².